The van der Waals surface area contributed by atoms with E-state index < -0.39 is 17.8 Å². The lowest BCUT2D eigenvalue weighted by molar-refractivity contribution is -0.137. The van der Waals surface area contributed by atoms with E-state index in [1.807, 2.05) is 6.92 Å². The zero-order chi connectivity index (χ0) is 21.2. The standard InChI is InChI=1S/C20H24N2O6S/c1-3-5-10-28-20(26)14-6-8-15(9-7-14)21-16(23)12-22-17(24)13-29-18(22)11-19(25)27-4-2/h6-9,11H,3-5,10,12-13H2,1-2H3,(H,21,23)/b18-11-. The Morgan fingerprint density at radius 1 is 1.17 bits per heavy atom. The number of nitrogens with one attached hydrogen (secondary N) is 1. The maximum atomic E-state index is 12.3. The summed E-state index contributed by atoms with van der Waals surface area (Å²) in [4.78, 5) is 49.1. The van der Waals surface area contributed by atoms with E-state index in [1.54, 1.807) is 31.2 Å². The van der Waals surface area contributed by atoms with Gasteiger partial charge in [0.2, 0.25) is 11.8 Å². The molecule has 29 heavy (non-hydrogen) atoms. The molecule has 8 nitrogen and oxygen atoms in total. The highest BCUT2D eigenvalue weighted by atomic mass is 32.2. The minimum Gasteiger partial charge on any atom is -0.463 e. The number of anilines is 1. The highest BCUT2D eigenvalue weighted by Crippen LogP contribution is 2.28. The summed E-state index contributed by atoms with van der Waals surface area (Å²) in [6, 6.07) is 6.30. The second kappa shape index (κ2) is 11.3. The Bertz CT molecular complexity index is 791. The van der Waals surface area contributed by atoms with Crippen LogP contribution in [0.5, 0.6) is 0 Å². The molecule has 0 saturated carbocycles. The average molecular weight is 420 g/mol. The summed E-state index contributed by atoms with van der Waals surface area (Å²) >= 11 is 1.18. The van der Waals surface area contributed by atoms with Crippen molar-refractivity contribution in [3.05, 3.63) is 40.9 Å². The number of hydrogen-bond donors (Lipinski definition) is 1. The van der Waals surface area contributed by atoms with Crippen LogP contribution in [0.1, 0.15) is 37.0 Å². The normalized spacial score (nSPS) is 14.8. The summed E-state index contributed by atoms with van der Waals surface area (Å²) in [5.74, 6) is -1.49. The van der Waals surface area contributed by atoms with Crippen molar-refractivity contribution in [3.8, 4) is 0 Å². The predicted octanol–water partition coefficient (Wildman–Crippen LogP) is 2.56. The monoisotopic (exact) mass is 420 g/mol. The first-order valence-electron chi connectivity index (χ1n) is 9.33. The maximum Gasteiger partial charge on any atom is 0.338 e. The van der Waals surface area contributed by atoms with E-state index in [4.69, 9.17) is 9.47 Å². The molecule has 0 atom stereocenters. The molecule has 1 saturated heterocycles. The number of nitrogens with zero attached hydrogens (tertiary/aromatic N) is 1. The quantitative estimate of drug-likeness (QED) is 0.372. The highest BCUT2D eigenvalue weighted by molar-refractivity contribution is 8.04. The van der Waals surface area contributed by atoms with Crippen molar-refractivity contribution in [2.24, 2.45) is 0 Å². The first-order chi connectivity index (χ1) is 13.9. The van der Waals surface area contributed by atoms with Gasteiger partial charge in [-0.15, -0.1) is 0 Å². The lowest BCUT2D eigenvalue weighted by atomic mass is 10.2. The molecule has 0 bridgehead atoms. The van der Waals surface area contributed by atoms with Crippen LogP contribution in [0.2, 0.25) is 0 Å². The van der Waals surface area contributed by atoms with Crippen LogP contribution in [-0.4, -0.2) is 54.2 Å². The Labute approximate surface area is 173 Å². The van der Waals surface area contributed by atoms with Crippen molar-refractivity contribution >= 4 is 41.2 Å². The van der Waals surface area contributed by atoms with Crippen molar-refractivity contribution in [3.63, 3.8) is 0 Å². The number of carbonyl (C=O) groups excluding carboxylic acids is 4. The molecule has 0 aliphatic carbocycles. The summed E-state index contributed by atoms with van der Waals surface area (Å²) in [5, 5.41) is 3.05. The third kappa shape index (κ3) is 6.94. The van der Waals surface area contributed by atoms with Crippen LogP contribution in [0, 0.1) is 0 Å². The first kappa shape index (κ1) is 22.5. The fraction of sp³-hybridized carbons (Fsp3) is 0.400. The number of carbonyl (C=O) groups is 4. The van der Waals surface area contributed by atoms with Crippen LogP contribution < -0.4 is 5.32 Å². The largest absolute Gasteiger partial charge is 0.463 e. The molecule has 1 aromatic carbocycles. The number of benzene rings is 1. The van der Waals surface area contributed by atoms with Crippen molar-refractivity contribution in [1.82, 2.24) is 4.90 Å². The van der Waals surface area contributed by atoms with E-state index in [9.17, 15) is 19.2 Å². The molecular formula is C20H24N2O6S. The van der Waals surface area contributed by atoms with Crippen molar-refractivity contribution in [2.75, 3.05) is 30.8 Å². The molecule has 0 aromatic heterocycles. The molecule has 1 aliphatic rings. The van der Waals surface area contributed by atoms with E-state index in [-0.39, 0.29) is 24.8 Å². The van der Waals surface area contributed by atoms with Gasteiger partial charge in [0.25, 0.3) is 0 Å². The Balaban J connectivity index is 1.93. The van der Waals surface area contributed by atoms with Gasteiger partial charge < -0.3 is 14.8 Å². The van der Waals surface area contributed by atoms with E-state index >= 15 is 0 Å². The van der Waals surface area contributed by atoms with Gasteiger partial charge in [-0.2, -0.15) is 0 Å². The van der Waals surface area contributed by atoms with Gasteiger partial charge in [-0.05, 0) is 37.6 Å². The maximum absolute atomic E-state index is 12.3. The molecule has 156 valence electrons. The molecule has 9 heteroatoms. The lowest BCUT2D eigenvalue weighted by Gasteiger charge is -2.16. The minimum atomic E-state index is -0.559. The number of esters is 2. The summed E-state index contributed by atoms with van der Waals surface area (Å²) < 4.78 is 9.98. The lowest BCUT2D eigenvalue weighted by Crippen LogP contribution is -2.34. The van der Waals surface area contributed by atoms with E-state index in [0.29, 0.717) is 22.9 Å². The van der Waals surface area contributed by atoms with Gasteiger partial charge in [0.05, 0.1) is 35.6 Å². The molecule has 0 spiro atoms. The van der Waals surface area contributed by atoms with Crippen LogP contribution in [0.15, 0.2) is 35.4 Å². The summed E-state index contributed by atoms with van der Waals surface area (Å²) in [6.07, 6.45) is 2.96. The van der Waals surface area contributed by atoms with Gasteiger partial charge in [-0.1, -0.05) is 25.1 Å². The number of unbranched alkanes of at least 4 members (excludes halogenated alkanes) is 1. The third-order valence-corrected chi connectivity index (χ3v) is 4.90. The van der Waals surface area contributed by atoms with Crippen molar-refractivity contribution in [1.29, 1.82) is 0 Å². The Hall–Kier alpha value is -2.81. The fourth-order valence-electron chi connectivity index (χ4n) is 2.41. The summed E-state index contributed by atoms with van der Waals surface area (Å²) in [7, 11) is 0. The SMILES string of the molecule is CCCCOC(=O)c1ccc(NC(=O)CN2C(=O)CS/C2=C\C(=O)OCC)cc1. The molecule has 0 unspecified atom stereocenters. The van der Waals surface area contributed by atoms with E-state index in [2.05, 4.69) is 5.32 Å². The molecule has 1 N–H and O–H groups in total. The summed E-state index contributed by atoms with van der Waals surface area (Å²) in [5.41, 5.74) is 0.875. The molecule has 1 fully saturated rings. The smallest absolute Gasteiger partial charge is 0.338 e. The van der Waals surface area contributed by atoms with Crippen LogP contribution in [0.4, 0.5) is 5.69 Å². The molecule has 1 aromatic rings. The van der Waals surface area contributed by atoms with Gasteiger partial charge >= 0.3 is 11.9 Å². The fourth-order valence-corrected chi connectivity index (χ4v) is 3.34. The number of hydrogen-bond acceptors (Lipinski definition) is 7. The molecule has 2 amide bonds. The molecule has 1 heterocycles. The highest BCUT2D eigenvalue weighted by Gasteiger charge is 2.29. The van der Waals surface area contributed by atoms with E-state index in [0.717, 1.165) is 12.8 Å². The summed E-state index contributed by atoms with van der Waals surface area (Å²) in [6.45, 7) is 4.07. The van der Waals surface area contributed by atoms with Crippen molar-refractivity contribution in [2.45, 2.75) is 26.7 Å². The Morgan fingerprint density at radius 2 is 1.90 bits per heavy atom. The van der Waals surface area contributed by atoms with Gasteiger partial charge in [0.15, 0.2) is 0 Å². The zero-order valence-corrected chi connectivity index (χ0v) is 17.3. The third-order valence-electron chi connectivity index (χ3n) is 3.88. The zero-order valence-electron chi connectivity index (χ0n) is 16.4. The second-order valence-electron chi connectivity index (χ2n) is 6.12. The number of ether oxygens (including phenoxy) is 2. The first-order valence-corrected chi connectivity index (χ1v) is 10.3. The number of thioether (sulfide) groups is 1. The van der Waals surface area contributed by atoms with Gasteiger partial charge in [-0.3, -0.25) is 14.5 Å². The minimum absolute atomic E-state index is 0.160. The molecule has 2 rings (SSSR count). The number of amides is 2. The number of rotatable bonds is 9. The van der Waals surface area contributed by atoms with Gasteiger partial charge in [0, 0.05) is 5.69 Å². The molecule has 1 aliphatic heterocycles. The predicted molar refractivity (Wildman–Crippen MR) is 109 cm³/mol. The van der Waals surface area contributed by atoms with Gasteiger partial charge in [0.1, 0.15) is 6.54 Å². The van der Waals surface area contributed by atoms with Crippen LogP contribution in [0.25, 0.3) is 0 Å². The van der Waals surface area contributed by atoms with Crippen LogP contribution in [0.3, 0.4) is 0 Å². The van der Waals surface area contributed by atoms with Crippen LogP contribution >= 0.6 is 11.8 Å². The van der Waals surface area contributed by atoms with Crippen molar-refractivity contribution < 1.29 is 28.7 Å². The average Bonchev–Trinajstić information content (AvgIpc) is 3.02. The molecular weight excluding hydrogens is 396 g/mol. The van der Waals surface area contributed by atoms with E-state index in [1.165, 1.54) is 22.7 Å². The topological polar surface area (TPSA) is 102 Å². The Morgan fingerprint density at radius 3 is 2.55 bits per heavy atom. The van der Waals surface area contributed by atoms with Crippen LogP contribution in [-0.2, 0) is 23.9 Å². The Kier molecular flexibility index (Phi) is 8.72. The van der Waals surface area contributed by atoms with Gasteiger partial charge in [-0.25, -0.2) is 9.59 Å². The second-order valence-corrected chi connectivity index (χ2v) is 7.11. The molecule has 0 radical (unpaired) electrons.